The van der Waals surface area contributed by atoms with Gasteiger partial charge in [0.25, 0.3) is 0 Å². The second kappa shape index (κ2) is 6.33. The summed E-state index contributed by atoms with van der Waals surface area (Å²) in [7, 11) is 0. The van der Waals surface area contributed by atoms with Crippen molar-refractivity contribution in [3.63, 3.8) is 0 Å². The van der Waals surface area contributed by atoms with Crippen LogP contribution in [0.25, 0.3) is 0 Å². The third-order valence-electron chi connectivity index (χ3n) is 3.33. The molecule has 0 fully saturated rings. The standard InChI is InChI=1S/C17H18FNO/c1-12-6-7-14(10-13(12)2)17(20)8-9-19-16-5-3-4-15(18)11-16/h3-7,10-11,19H,8-9H2,1-2H3. The van der Waals surface area contributed by atoms with Crippen molar-refractivity contribution in [3.05, 3.63) is 65.0 Å². The van der Waals surface area contributed by atoms with Gasteiger partial charge in [-0.05, 0) is 49.2 Å². The van der Waals surface area contributed by atoms with Gasteiger partial charge in [0.2, 0.25) is 0 Å². The minimum Gasteiger partial charge on any atom is -0.385 e. The van der Waals surface area contributed by atoms with Gasteiger partial charge in [0, 0.05) is 24.2 Å². The van der Waals surface area contributed by atoms with Crippen LogP contribution in [0.4, 0.5) is 10.1 Å². The van der Waals surface area contributed by atoms with Gasteiger partial charge in [-0.3, -0.25) is 4.79 Å². The number of carbonyl (C=O) groups is 1. The van der Waals surface area contributed by atoms with Gasteiger partial charge in [-0.25, -0.2) is 4.39 Å². The molecule has 0 heterocycles. The van der Waals surface area contributed by atoms with Crippen molar-refractivity contribution < 1.29 is 9.18 Å². The maximum atomic E-state index is 13.0. The number of rotatable bonds is 5. The van der Waals surface area contributed by atoms with Gasteiger partial charge in [-0.1, -0.05) is 18.2 Å². The number of anilines is 1. The molecule has 3 heteroatoms. The molecule has 1 N–H and O–H groups in total. The molecule has 0 aromatic heterocycles. The molecule has 2 rings (SSSR count). The van der Waals surface area contributed by atoms with Crippen LogP contribution in [-0.4, -0.2) is 12.3 Å². The van der Waals surface area contributed by atoms with Gasteiger partial charge in [-0.15, -0.1) is 0 Å². The van der Waals surface area contributed by atoms with E-state index < -0.39 is 0 Å². The summed E-state index contributed by atoms with van der Waals surface area (Å²) in [4.78, 5) is 12.1. The highest BCUT2D eigenvalue weighted by Gasteiger charge is 2.06. The summed E-state index contributed by atoms with van der Waals surface area (Å²) in [5, 5.41) is 3.05. The van der Waals surface area contributed by atoms with Crippen molar-refractivity contribution in [1.29, 1.82) is 0 Å². The lowest BCUT2D eigenvalue weighted by Gasteiger charge is -2.07. The Balaban J connectivity index is 1.90. The average molecular weight is 271 g/mol. The third kappa shape index (κ3) is 3.67. The van der Waals surface area contributed by atoms with E-state index in [4.69, 9.17) is 0 Å². The molecule has 0 aliphatic carbocycles. The highest BCUT2D eigenvalue weighted by molar-refractivity contribution is 5.96. The second-order valence-electron chi connectivity index (χ2n) is 4.91. The number of hydrogen-bond acceptors (Lipinski definition) is 2. The summed E-state index contributed by atoms with van der Waals surface area (Å²) in [6.07, 6.45) is 0.388. The van der Waals surface area contributed by atoms with Crippen LogP contribution in [0.3, 0.4) is 0 Å². The molecule has 0 amide bonds. The lowest BCUT2D eigenvalue weighted by molar-refractivity contribution is 0.0986. The van der Waals surface area contributed by atoms with Crippen molar-refractivity contribution in [2.45, 2.75) is 20.3 Å². The largest absolute Gasteiger partial charge is 0.385 e. The van der Waals surface area contributed by atoms with E-state index in [0.717, 1.165) is 11.1 Å². The summed E-state index contributed by atoms with van der Waals surface area (Å²) in [5.74, 6) is -0.188. The van der Waals surface area contributed by atoms with Crippen molar-refractivity contribution >= 4 is 11.5 Å². The number of hydrogen-bond donors (Lipinski definition) is 1. The minimum absolute atomic E-state index is 0.0944. The molecule has 2 aromatic rings. The summed E-state index contributed by atoms with van der Waals surface area (Å²) >= 11 is 0. The maximum absolute atomic E-state index is 13.0. The predicted molar refractivity (Wildman–Crippen MR) is 79.8 cm³/mol. The molecule has 20 heavy (non-hydrogen) atoms. The van der Waals surface area contributed by atoms with Crippen LogP contribution in [0.5, 0.6) is 0 Å². The monoisotopic (exact) mass is 271 g/mol. The van der Waals surface area contributed by atoms with E-state index in [1.165, 1.54) is 17.7 Å². The minimum atomic E-state index is -0.282. The molecule has 0 aliphatic rings. The number of Topliss-reactive ketones (excluding diaryl/α,β-unsaturated/α-hetero) is 1. The second-order valence-corrected chi connectivity index (χ2v) is 4.91. The van der Waals surface area contributed by atoms with Gasteiger partial charge < -0.3 is 5.32 Å². The molecular weight excluding hydrogens is 253 g/mol. The molecule has 0 unspecified atom stereocenters. The molecule has 0 aliphatic heterocycles. The lowest BCUT2D eigenvalue weighted by atomic mass is 10.0. The van der Waals surface area contributed by atoms with Crippen LogP contribution in [0, 0.1) is 19.7 Å². The third-order valence-corrected chi connectivity index (χ3v) is 3.33. The Kier molecular flexibility index (Phi) is 4.51. The van der Waals surface area contributed by atoms with Crippen molar-refractivity contribution in [1.82, 2.24) is 0 Å². The zero-order valence-corrected chi connectivity index (χ0v) is 11.7. The van der Waals surface area contributed by atoms with Gasteiger partial charge in [0.05, 0.1) is 0 Å². The number of halogens is 1. The molecule has 0 saturated heterocycles. The molecule has 0 spiro atoms. The van der Waals surface area contributed by atoms with E-state index >= 15 is 0 Å². The van der Waals surface area contributed by atoms with Crippen molar-refractivity contribution in [2.24, 2.45) is 0 Å². The Morgan fingerprint density at radius 2 is 1.90 bits per heavy atom. The molecule has 0 saturated carbocycles. The number of ketones is 1. The molecule has 2 aromatic carbocycles. The molecule has 104 valence electrons. The molecule has 0 atom stereocenters. The van der Waals surface area contributed by atoms with Crippen LogP contribution >= 0.6 is 0 Å². The van der Waals surface area contributed by atoms with Gasteiger partial charge >= 0.3 is 0 Å². The van der Waals surface area contributed by atoms with Crippen LogP contribution in [-0.2, 0) is 0 Å². The first kappa shape index (κ1) is 14.3. The smallest absolute Gasteiger partial charge is 0.164 e. The predicted octanol–water partition coefficient (Wildman–Crippen LogP) is 4.13. The Hall–Kier alpha value is -2.16. The van der Waals surface area contributed by atoms with E-state index in [1.807, 2.05) is 32.0 Å². The Morgan fingerprint density at radius 3 is 2.60 bits per heavy atom. The van der Waals surface area contributed by atoms with Crippen LogP contribution in [0.1, 0.15) is 27.9 Å². The van der Waals surface area contributed by atoms with Gasteiger partial charge in [0.1, 0.15) is 5.82 Å². The number of aryl methyl sites for hydroxylation is 2. The molecular formula is C17H18FNO. The van der Waals surface area contributed by atoms with Crippen molar-refractivity contribution in [2.75, 3.05) is 11.9 Å². The Labute approximate surface area is 118 Å². The number of benzene rings is 2. The molecule has 2 nitrogen and oxygen atoms in total. The van der Waals surface area contributed by atoms with Crippen LogP contribution in [0.15, 0.2) is 42.5 Å². The number of nitrogens with one attached hydrogen (secondary N) is 1. The zero-order chi connectivity index (χ0) is 14.5. The molecule has 0 bridgehead atoms. The summed E-state index contributed by atoms with van der Waals surface area (Å²) in [5.41, 5.74) is 3.72. The summed E-state index contributed by atoms with van der Waals surface area (Å²) < 4.78 is 13.0. The highest BCUT2D eigenvalue weighted by Crippen LogP contribution is 2.13. The fourth-order valence-electron chi connectivity index (χ4n) is 1.98. The fraction of sp³-hybridized carbons (Fsp3) is 0.235. The van der Waals surface area contributed by atoms with E-state index in [-0.39, 0.29) is 11.6 Å². The van der Waals surface area contributed by atoms with E-state index in [2.05, 4.69) is 5.32 Å². The zero-order valence-electron chi connectivity index (χ0n) is 11.7. The summed E-state index contributed by atoms with van der Waals surface area (Å²) in [6, 6.07) is 12.0. The Morgan fingerprint density at radius 1 is 1.10 bits per heavy atom. The van der Waals surface area contributed by atoms with Crippen LogP contribution in [0.2, 0.25) is 0 Å². The number of carbonyl (C=O) groups excluding carboxylic acids is 1. The Bertz CT molecular complexity index is 622. The summed E-state index contributed by atoms with van der Waals surface area (Å²) in [6.45, 7) is 4.52. The average Bonchev–Trinajstić information content (AvgIpc) is 2.42. The highest BCUT2D eigenvalue weighted by atomic mass is 19.1. The maximum Gasteiger partial charge on any atom is 0.164 e. The van der Waals surface area contributed by atoms with Crippen LogP contribution < -0.4 is 5.32 Å². The van der Waals surface area contributed by atoms with E-state index in [9.17, 15) is 9.18 Å². The first-order valence-corrected chi connectivity index (χ1v) is 6.66. The topological polar surface area (TPSA) is 29.1 Å². The molecule has 0 radical (unpaired) electrons. The first-order valence-electron chi connectivity index (χ1n) is 6.66. The van der Waals surface area contributed by atoms with Gasteiger partial charge in [0.15, 0.2) is 5.78 Å². The van der Waals surface area contributed by atoms with Gasteiger partial charge in [-0.2, -0.15) is 0 Å². The SMILES string of the molecule is Cc1ccc(C(=O)CCNc2cccc(F)c2)cc1C. The fourth-order valence-corrected chi connectivity index (χ4v) is 1.98. The lowest BCUT2D eigenvalue weighted by Crippen LogP contribution is -2.09. The first-order chi connectivity index (χ1) is 9.56. The normalized spacial score (nSPS) is 10.3. The quantitative estimate of drug-likeness (QED) is 0.828. The van der Waals surface area contributed by atoms with E-state index in [0.29, 0.717) is 18.7 Å². The van der Waals surface area contributed by atoms with E-state index in [1.54, 1.807) is 12.1 Å². The van der Waals surface area contributed by atoms with Crippen molar-refractivity contribution in [3.8, 4) is 0 Å².